The molecule has 6 heteroatoms. The van der Waals surface area contributed by atoms with E-state index in [-0.39, 0.29) is 12.0 Å². The molecule has 1 N–H and O–H groups in total. The minimum Gasteiger partial charge on any atom is -0.443 e. The smallest absolute Gasteiger partial charge is 0.414 e. The number of rotatable bonds is 3. The number of fused-ring (bicyclic) bond motifs is 1. The molecule has 0 aromatic heterocycles. The van der Waals surface area contributed by atoms with Crippen molar-refractivity contribution in [1.29, 1.82) is 0 Å². The monoisotopic (exact) mass is 334 g/mol. The molecule has 2 amide bonds. The van der Waals surface area contributed by atoms with E-state index >= 15 is 0 Å². The van der Waals surface area contributed by atoms with Gasteiger partial charge in [0, 0.05) is 19.3 Å². The predicted molar refractivity (Wildman–Crippen MR) is 93.4 cm³/mol. The zero-order chi connectivity index (χ0) is 17.9. The van der Waals surface area contributed by atoms with Crippen LogP contribution >= 0.6 is 0 Å². The van der Waals surface area contributed by atoms with E-state index in [0.29, 0.717) is 12.2 Å². The van der Waals surface area contributed by atoms with E-state index in [2.05, 4.69) is 5.32 Å². The molecular weight excluding hydrogens is 308 g/mol. The molecule has 0 saturated heterocycles. The first-order valence-corrected chi connectivity index (χ1v) is 8.18. The molecule has 0 saturated carbocycles. The summed E-state index contributed by atoms with van der Waals surface area (Å²) < 4.78 is 10.5. The van der Waals surface area contributed by atoms with Gasteiger partial charge in [0.1, 0.15) is 11.7 Å². The predicted octanol–water partition coefficient (Wildman–Crippen LogP) is 3.35. The average molecular weight is 334 g/mol. The molecule has 0 fully saturated rings. The summed E-state index contributed by atoms with van der Waals surface area (Å²) in [6, 6.07) is 5.61. The van der Waals surface area contributed by atoms with Gasteiger partial charge in [-0.2, -0.15) is 0 Å². The van der Waals surface area contributed by atoms with Crippen molar-refractivity contribution in [2.24, 2.45) is 0 Å². The Morgan fingerprint density at radius 3 is 2.62 bits per heavy atom. The summed E-state index contributed by atoms with van der Waals surface area (Å²) in [4.78, 5) is 26.1. The van der Waals surface area contributed by atoms with E-state index in [0.717, 1.165) is 24.1 Å². The van der Waals surface area contributed by atoms with Gasteiger partial charge in [-0.15, -0.1) is 0 Å². The number of aryl methyl sites for hydroxylation is 1. The second kappa shape index (κ2) is 7.21. The molecule has 1 heterocycles. The molecule has 1 aromatic rings. The van der Waals surface area contributed by atoms with Crippen molar-refractivity contribution < 1.29 is 19.1 Å². The number of amides is 2. The lowest BCUT2D eigenvalue weighted by Gasteiger charge is -2.32. The number of carbonyl (C=O) groups is 2. The van der Waals surface area contributed by atoms with Crippen LogP contribution < -0.4 is 10.2 Å². The number of ether oxygens (including phenoxy) is 2. The second-order valence-corrected chi connectivity index (χ2v) is 6.95. The van der Waals surface area contributed by atoms with Crippen LogP contribution in [0.4, 0.5) is 16.2 Å². The van der Waals surface area contributed by atoms with Gasteiger partial charge in [0.2, 0.25) is 0 Å². The van der Waals surface area contributed by atoms with Crippen molar-refractivity contribution in [2.75, 3.05) is 23.9 Å². The van der Waals surface area contributed by atoms with Gasteiger partial charge in [-0.3, -0.25) is 9.69 Å². The summed E-state index contributed by atoms with van der Waals surface area (Å²) in [6.45, 7) is 7.82. The van der Waals surface area contributed by atoms with Crippen molar-refractivity contribution in [3.05, 3.63) is 23.8 Å². The first-order valence-electron chi connectivity index (χ1n) is 8.18. The van der Waals surface area contributed by atoms with Gasteiger partial charge < -0.3 is 14.8 Å². The third-order valence-corrected chi connectivity index (χ3v) is 3.81. The molecule has 0 radical (unpaired) electrons. The van der Waals surface area contributed by atoms with Crippen LogP contribution in [0.25, 0.3) is 0 Å². The maximum atomic E-state index is 12.5. The van der Waals surface area contributed by atoms with E-state index in [1.54, 1.807) is 11.8 Å². The quantitative estimate of drug-likeness (QED) is 0.920. The molecule has 0 aliphatic carbocycles. The number of nitrogens with zero attached hydrogens (tertiary/aromatic N) is 1. The lowest BCUT2D eigenvalue weighted by molar-refractivity contribution is -0.124. The minimum absolute atomic E-state index is 0.225. The van der Waals surface area contributed by atoms with Crippen LogP contribution in [-0.2, 0) is 20.7 Å². The van der Waals surface area contributed by atoms with Crippen molar-refractivity contribution in [3.8, 4) is 0 Å². The fraction of sp³-hybridized carbons (Fsp3) is 0.556. The summed E-state index contributed by atoms with van der Waals surface area (Å²) in [5, 5.41) is 2.81. The van der Waals surface area contributed by atoms with Crippen molar-refractivity contribution >= 4 is 23.4 Å². The Bertz CT molecular complexity index is 622. The Morgan fingerprint density at radius 1 is 1.29 bits per heavy atom. The van der Waals surface area contributed by atoms with Crippen LogP contribution in [0.2, 0.25) is 0 Å². The number of methoxy groups -OCH3 is 1. The summed E-state index contributed by atoms with van der Waals surface area (Å²) in [7, 11) is 1.49. The highest BCUT2D eigenvalue weighted by Crippen LogP contribution is 2.31. The third kappa shape index (κ3) is 4.47. The van der Waals surface area contributed by atoms with Crippen molar-refractivity contribution in [2.45, 2.75) is 52.2 Å². The lowest BCUT2D eigenvalue weighted by Crippen LogP contribution is -2.39. The summed E-state index contributed by atoms with van der Waals surface area (Å²) in [5.41, 5.74) is 1.95. The van der Waals surface area contributed by atoms with Crippen LogP contribution in [0.3, 0.4) is 0 Å². The molecular formula is C18H26N2O4. The van der Waals surface area contributed by atoms with E-state index in [1.165, 1.54) is 7.11 Å². The fourth-order valence-corrected chi connectivity index (χ4v) is 2.51. The number of nitrogens with one attached hydrogen (secondary N) is 1. The maximum Gasteiger partial charge on any atom is 0.414 e. The van der Waals surface area contributed by atoms with Gasteiger partial charge in [0.25, 0.3) is 5.91 Å². The third-order valence-electron chi connectivity index (χ3n) is 3.81. The second-order valence-electron chi connectivity index (χ2n) is 6.95. The Hall–Kier alpha value is -2.08. The van der Waals surface area contributed by atoms with E-state index in [9.17, 15) is 9.59 Å². The molecule has 2 rings (SSSR count). The molecule has 1 atom stereocenters. The summed E-state index contributed by atoms with van der Waals surface area (Å²) >= 11 is 0. The van der Waals surface area contributed by atoms with Crippen LogP contribution in [-0.4, -0.2) is 37.4 Å². The van der Waals surface area contributed by atoms with Gasteiger partial charge in [-0.05, 0) is 58.2 Å². The molecule has 1 aliphatic heterocycles. The number of carbonyl (C=O) groups excluding carboxylic acids is 2. The van der Waals surface area contributed by atoms with E-state index in [4.69, 9.17) is 9.47 Å². The van der Waals surface area contributed by atoms with Gasteiger partial charge in [-0.1, -0.05) is 6.07 Å². The average Bonchev–Trinajstić information content (AvgIpc) is 2.51. The molecule has 0 bridgehead atoms. The molecule has 6 nitrogen and oxygen atoms in total. The first kappa shape index (κ1) is 18.3. The standard InChI is InChI=1S/C18H26N2O4/c1-12(23-5)16(21)19-14-9-8-13-7-6-10-20(15(13)11-14)17(22)24-18(2,3)4/h8-9,11-12H,6-7,10H2,1-5H3,(H,19,21). The van der Waals surface area contributed by atoms with Crippen LogP contribution in [0.15, 0.2) is 18.2 Å². The normalized spacial score (nSPS) is 15.5. The highest BCUT2D eigenvalue weighted by molar-refractivity contribution is 5.96. The largest absolute Gasteiger partial charge is 0.443 e. The highest BCUT2D eigenvalue weighted by Gasteiger charge is 2.27. The Labute approximate surface area is 143 Å². The molecule has 132 valence electrons. The number of anilines is 2. The Balaban J connectivity index is 2.23. The maximum absolute atomic E-state index is 12.5. The van der Waals surface area contributed by atoms with Crippen molar-refractivity contribution in [3.63, 3.8) is 0 Å². The fourth-order valence-electron chi connectivity index (χ4n) is 2.51. The van der Waals surface area contributed by atoms with Gasteiger partial charge >= 0.3 is 6.09 Å². The van der Waals surface area contributed by atoms with Gasteiger partial charge in [0.05, 0.1) is 5.69 Å². The molecule has 0 spiro atoms. The Morgan fingerprint density at radius 2 is 2.00 bits per heavy atom. The SMILES string of the molecule is COC(C)C(=O)Nc1ccc2c(c1)N(C(=O)OC(C)(C)C)CCC2. The van der Waals surface area contributed by atoms with Gasteiger partial charge in [0.15, 0.2) is 0 Å². The minimum atomic E-state index is -0.547. The molecule has 24 heavy (non-hydrogen) atoms. The first-order chi connectivity index (χ1) is 11.2. The number of hydrogen-bond acceptors (Lipinski definition) is 4. The van der Waals surface area contributed by atoms with Crippen LogP contribution in [0.5, 0.6) is 0 Å². The van der Waals surface area contributed by atoms with E-state index < -0.39 is 11.7 Å². The zero-order valence-corrected chi connectivity index (χ0v) is 15.0. The summed E-state index contributed by atoms with van der Waals surface area (Å²) in [5.74, 6) is -0.225. The lowest BCUT2D eigenvalue weighted by atomic mass is 10.0. The topological polar surface area (TPSA) is 67.9 Å². The van der Waals surface area contributed by atoms with E-state index in [1.807, 2.05) is 39.0 Å². The molecule has 1 aliphatic rings. The van der Waals surface area contributed by atoms with Crippen molar-refractivity contribution in [1.82, 2.24) is 0 Å². The summed E-state index contributed by atoms with van der Waals surface area (Å²) in [6.07, 6.45) is 0.885. The van der Waals surface area contributed by atoms with Crippen LogP contribution in [0, 0.1) is 0 Å². The zero-order valence-electron chi connectivity index (χ0n) is 15.0. The Kier molecular flexibility index (Phi) is 5.49. The van der Waals surface area contributed by atoms with Gasteiger partial charge in [-0.25, -0.2) is 4.79 Å². The highest BCUT2D eigenvalue weighted by atomic mass is 16.6. The molecule has 1 aromatic carbocycles. The van der Waals surface area contributed by atoms with Crippen LogP contribution in [0.1, 0.15) is 39.7 Å². The number of benzene rings is 1. The molecule has 1 unspecified atom stereocenters. The number of hydrogen-bond donors (Lipinski definition) is 1.